The van der Waals surface area contributed by atoms with Crippen molar-refractivity contribution in [2.24, 2.45) is 0 Å². The van der Waals surface area contributed by atoms with Crippen molar-refractivity contribution in [1.82, 2.24) is 24.1 Å². The van der Waals surface area contributed by atoms with Gasteiger partial charge in [0, 0.05) is 29.7 Å². The summed E-state index contributed by atoms with van der Waals surface area (Å²) >= 11 is 1.53. The van der Waals surface area contributed by atoms with E-state index in [1.807, 2.05) is 49.4 Å². The number of methoxy groups -OCH3 is 1. The van der Waals surface area contributed by atoms with Gasteiger partial charge in [-0.05, 0) is 56.2 Å². The molecule has 5 rings (SSSR count). The van der Waals surface area contributed by atoms with Crippen LogP contribution in [0.15, 0.2) is 58.5 Å². The van der Waals surface area contributed by atoms with E-state index in [-0.39, 0.29) is 11.7 Å². The fourth-order valence-electron chi connectivity index (χ4n) is 4.08. The zero-order chi connectivity index (χ0) is 22.8. The molecule has 1 aliphatic heterocycles. The van der Waals surface area contributed by atoms with Crippen LogP contribution in [0.3, 0.4) is 0 Å². The Morgan fingerprint density at radius 1 is 1.18 bits per heavy atom. The summed E-state index contributed by atoms with van der Waals surface area (Å²) < 4.78 is 14.9. The summed E-state index contributed by atoms with van der Waals surface area (Å²) in [7, 11) is 1.65. The average molecular weight is 464 g/mol. The maximum absolute atomic E-state index is 12.6. The molecule has 0 amide bonds. The van der Waals surface area contributed by atoms with Crippen molar-refractivity contribution >= 4 is 17.4 Å². The van der Waals surface area contributed by atoms with E-state index < -0.39 is 0 Å². The minimum absolute atomic E-state index is 0.0755. The van der Waals surface area contributed by atoms with Gasteiger partial charge in [-0.2, -0.15) is 0 Å². The molecule has 0 aliphatic carbocycles. The van der Waals surface area contributed by atoms with E-state index in [2.05, 4.69) is 19.7 Å². The second kappa shape index (κ2) is 9.36. The number of aromatic nitrogens is 5. The van der Waals surface area contributed by atoms with Crippen LogP contribution in [0.2, 0.25) is 0 Å². The molecule has 1 saturated heterocycles. The lowest BCUT2D eigenvalue weighted by molar-refractivity contribution is 0.0953. The second-order valence-corrected chi connectivity index (χ2v) is 8.96. The minimum Gasteiger partial charge on any atom is -0.497 e. The number of hydrogen-bond acceptors (Lipinski definition) is 7. The number of hydrogen-bond donors (Lipinski definition) is 0. The monoisotopic (exact) mass is 463 g/mol. The molecule has 8 nitrogen and oxygen atoms in total. The van der Waals surface area contributed by atoms with Gasteiger partial charge in [0.05, 0.1) is 25.5 Å². The molecule has 1 fully saturated rings. The van der Waals surface area contributed by atoms with Crippen LogP contribution in [0.4, 0.5) is 0 Å². The number of rotatable bonds is 7. The summed E-state index contributed by atoms with van der Waals surface area (Å²) in [5.41, 5.74) is 3.12. The Balaban J connectivity index is 1.44. The molecule has 0 radical (unpaired) electrons. The van der Waals surface area contributed by atoms with Crippen LogP contribution in [-0.4, -0.2) is 44.0 Å². The van der Waals surface area contributed by atoms with E-state index in [1.54, 1.807) is 17.6 Å². The fraction of sp³-hybridized carbons (Fsp3) is 0.333. The third kappa shape index (κ3) is 4.51. The number of aryl methyl sites for hydroxylation is 1. The lowest BCUT2D eigenvalue weighted by Gasteiger charge is -2.15. The Morgan fingerprint density at radius 2 is 2.03 bits per heavy atom. The molecule has 1 aliphatic rings. The first-order chi connectivity index (χ1) is 16.1. The highest BCUT2D eigenvalue weighted by atomic mass is 32.2. The van der Waals surface area contributed by atoms with Crippen LogP contribution in [0.1, 0.15) is 24.2 Å². The number of fused-ring (bicyclic) bond motifs is 1. The summed E-state index contributed by atoms with van der Waals surface area (Å²) in [5.74, 6) is 2.10. The van der Waals surface area contributed by atoms with Crippen molar-refractivity contribution < 1.29 is 9.47 Å². The Bertz CT molecular complexity index is 1330. The molecule has 0 N–H and O–H groups in total. The zero-order valence-corrected chi connectivity index (χ0v) is 19.4. The van der Waals surface area contributed by atoms with Crippen LogP contribution >= 0.6 is 11.8 Å². The summed E-state index contributed by atoms with van der Waals surface area (Å²) in [5, 5.41) is 9.73. The average Bonchev–Trinajstić information content (AvgIpc) is 3.48. The molecular formula is C24H25N5O3S. The Labute approximate surface area is 195 Å². The van der Waals surface area contributed by atoms with Crippen molar-refractivity contribution in [3.8, 4) is 17.1 Å². The quantitative estimate of drug-likeness (QED) is 0.386. The van der Waals surface area contributed by atoms with Gasteiger partial charge in [0.15, 0.2) is 11.0 Å². The molecule has 170 valence electrons. The van der Waals surface area contributed by atoms with E-state index in [1.165, 1.54) is 11.8 Å². The molecule has 1 atom stereocenters. The van der Waals surface area contributed by atoms with E-state index in [0.29, 0.717) is 23.6 Å². The smallest absolute Gasteiger partial charge is 0.258 e. The topological polar surface area (TPSA) is 83.5 Å². The highest BCUT2D eigenvalue weighted by Crippen LogP contribution is 2.29. The number of ether oxygens (including phenoxy) is 2. The van der Waals surface area contributed by atoms with E-state index in [4.69, 9.17) is 9.47 Å². The van der Waals surface area contributed by atoms with Gasteiger partial charge >= 0.3 is 0 Å². The largest absolute Gasteiger partial charge is 0.497 e. The lowest BCUT2D eigenvalue weighted by Crippen LogP contribution is -2.18. The van der Waals surface area contributed by atoms with E-state index >= 15 is 0 Å². The van der Waals surface area contributed by atoms with Gasteiger partial charge in [-0.15, -0.1) is 10.2 Å². The van der Waals surface area contributed by atoms with E-state index in [0.717, 1.165) is 47.4 Å². The molecule has 0 spiro atoms. The van der Waals surface area contributed by atoms with Crippen molar-refractivity contribution in [1.29, 1.82) is 0 Å². The molecule has 1 aromatic carbocycles. The minimum atomic E-state index is -0.0755. The third-order valence-corrected chi connectivity index (χ3v) is 6.76. The zero-order valence-electron chi connectivity index (χ0n) is 18.6. The van der Waals surface area contributed by atoms with Gasteiger partial charge in [0.2, 0.25) is 0 Å². The molecule has 3 aromatic heterocycles. The van der Waals surface area contributed by atoms with Gasteiger partial charge in [0.1, 0.15) is 11.4 Å². The first-order valence-corrected chi connectivity index (χ1v) is 11.9. The van der Waals surface area contributed by atoms with Gasteiger partial charge in [-0.1, -0.05) is 17.8 Å². The molecule has 4 aromatic rings. The Morgan fingerprint density at radius 3 is 2.79 bits per heavy atom. The van der Waals surface area contributed by atoms with Gasteiger partial charge in [-0.25, -0.2) is 4.98 Å². The molecule has 0 saturated carbocycles. The standard InChI is InChI=1S/C24H25N5O3S/c1-16-5-3-7-21-25-18(13-22(30)29(16)21)15-33-24-27-26-23(17-8-10-19(31-2)11-9-17)28(24)14-20-6-4-12-32-20/h3,5,7-11,13,20H,4,6,12,14-15H2,1-2H3/t20-/m0/s1. The molecular weight excluding hydrogens is 438 g/mol. The normalized spacial score (nSPS) is 15.9. The lowest BCUT2D eigenvalue weighted by atomic mass is 10.2. The molecule has 9 heteroatoms. The first-order valence-electron chi connectivity index (χ1n) is 10.9. The summed E-state index contributed by atoms with van der Waals surface area (Å²) in [6.45, 7) is 3.37. The Hall–Kier alpha value is -3.17. The van der Waals surface area contributed by atoms with Crippen LogP contribution < -0.4 is 10.3 Å². The number of pyridine rings is 1. The van der Waals surface area contributed by atoms with Crippen molar-refractivity contribution in [3.63, 3.8) is 0 Å². The summed E-state index contributed by atoms with van der Waals surface area (Å²) in [6, 6.07) is 15.1. The number of benzene rings is 1. The molecule has 4 heterocycles. The maximum Gasteiger partial charge on any atom is 0.258 e. The summed E-state index contributed by atoms with van der Waals surface area (Å²) in [4.78, 5) is 17.3. The van der Waals surface area contributed by atoms with Crippen LogP contribution in [0.25, 0.3) is 17.0 Å². The van der Waals surface area contributed by atoms with Gasteiger partial charge in [0.25, 0.3) is 5.56 Å². The van der Waals surface area contributed by atoms with Crippen LogP contribution in [0.5, 0.6) is 5.75 Å². The first kappa shape index (κ1) is 21.7. The predicted octanol–water partition coefficient (Wildman–Crippen LogP) is 3.74. The predicted molar refractivity (Wildman–Crippen MR) is 127 cm³/mol. The van der Waals surface area contributed by atoms with Crippen LogP contribution in [-0.2, 0) is 17.0 Å². The van der Waals surface area contributed by atoms with Crippen molar-refractivity contribution in [3.05, 3.63) is 70.3 Å². The van der Waals surface area contributed by atoms with Crippen molar-refractivity contribution in [2.45, 2.75) is 43.3 Å². The highest BCUT2D eigenvalue weighted by molar-refractivity contribution is 7.98. The second-order valence-electron chi connectivity index (χ2n) is 8.02. The molecule has 33 heavy (non-hydrogen) atoms. The highest BCUT2D eigenvalue weighted by Gasteiger charge is 2.22. The maximum atomic E-state index is 12.6. The fourth-order valence-corrected chi connectivity index (χ4v) is 4.92. The molecule has 0 bridgehead atoms. The number of nitrogens with zero attached hydrogens (tertiary/aromatic N) is 5. The SMILES string of the molecule is COc1ccc(-c2nnc(SCc3cc(=O)n4c(C)cccc4n3)n2C[C@@H]2CCCO2)cc1. The van der Waals surface area contributed by atoms with Gasteiger partial charge in [-0.3, -0.25) is 13.8 Å². The van der Waals surface area contributed by atoms with Crippen molar-refractivity contribution in [2.75, 3.05) is 13.7 Å². The third-order valence-electron chi connectivity index (χ3n) is 5.76. The van der Waals surface area contributed by atoms with Gasteiger partial charge < -0.3 is 9.47 Å². The van der Waals surface area contributed by atoms with E-state index in [9.17, 15) is 4.79 Å². The number of thioether (sulfide) groups is 1. The summed E-state index contributed by atoms with van der Waals surface area (Å²) in [6.07, 6.45) is 2.23. The van der Waals surface area contributed by atoms with Crippen LogP contribution in [0, 0.1) is 6.92 Å². The Kier molecular flexibility index (Phi) is 6.15. The molecule has 0 unspecified atom stereocenters.